The maximum absolute atomic E-state index is 11.9. The first-order valence-corrected chi connectivity index (χ1v) is 8.70. The molecule has 0 radical (unpaired) electrons. The van der Waals surface area contributed by atoms with Crippen molar-refractivity contribution < 1.29 is 9.59 Å². The molecular formula is C17H34N4O2. The van der Waals surface area contributed by atoms with Crippen molar-refractivity contribution >= 4 is 12.1 Å². The molecule has 2 atom stereocenters. The lowest BCUT2D eigenvalue weighted by Gasteiger charge is -2.46. The minimum atomic E-state index is -0.139. The van der Waals surface area contributed by atoms with Gasteiger partial charge in [0, 0.05) is 26.2 Å². The Balaban J connectivity index is 2.56. The lowest BCUT2D eigenvalue weighted by Crippen LogP contribution is -2.52. The van der Waals surface area contributed by atoms with Crippen LogP contribution in [0.5, 0.6) is 0 Å². The van der Waals surface area contributed by atoms with Crippen LogP contribution in [0.1, 0.15) is 59.8 Å². The first-order chi connectivity index (χ1) is 10.7. The standard InChI is InChI=1S/C17H34N4O2/c1-6-7-8-19-15(23)20-12-17(4)10-13(21-14(22)18-5)9-16(2,3)11-17/h13H,6-12H2,1-5H3,(H2,18,21,22)(H2,19,20,23). The Kier molecular flexibility index (Phi) is 7.16. The molecule has 0 saturated heterocycles. The van der Waals surface area contributed by atoms with E-state index in [1.807, 2.05) is 0 Å². The highest BCUT2D eigenvalue weighted by Crippen LogP contribution is 2.45. The van der Waals surface area contributed by atoms with E-state index in [0.717, 1.165) is 32.1 Å². The maximum Gasteiger partial charge on any atom is 0.314 e. The number of unbranched alkanes of at least 4 members (excludes halogenated alkanes) is 1. The van der Waals surface area contributed by atoms with Crippen LogP contribution in [0.4, 0.5) is 9.59 Å². The normalized spacial score (nSPS) is 26.2. The number of hydrogen-bond donors (Lipinski definition) is 4. The SMILES string of the molecule is CCCCNC(=O)NCC1(C)CC(NC(=O)NC)CC(C)(C)C1. The molecular weight excluding hydrogens is 292 g/mol. The lowest BCUT2D eigenvalue weighted by atomic mass is 9.62. The van der Waals surface area contributed by atoms with Crippen LogP contribution in [0, 0.1) is 10.8 Å². The van der Waals surface area contributed by atoms with Crippen LogP contribution in [-0.2, 0) is 0 Å². The van der Waals surface area contributed by atoms with Crippen LogP contribution >= 0.6 is 0 Å². The molecule has 23 heavy (non-hydrogen) atoms. The molecule has 0 aromatic rings. The quantitative estimate of drug-likeness (QED) is 0.566. The summed E-state index contributed by atoms with van der Waals surface area (Å²) in [4.78, 5) is 23.5. The Hall–Kier alpha value is -1.46. The molecule has 0 aromatic heterocycles. The average Bonchev–Trinajstić information content (AvgIpc) is 2.43. The van der Waals surface area contributed by atoms with E-state index >= 15 is 0 Å². The van der Waals surface area contributed by atoms with Crippen molar-refractivity contribution in [2.45, 2.75) is 65.8 Å². The summed E-state index contributed by atoms with van der Waals surface area (Å²) in [5.41, 5.74) is 0.120. The third-order valence-electron chi connectivity index (χ3n) is 4.50. The Morgan fingerprint density at radius 2 is 1.78 bits per heavy atom. The lowest BCUT2D eigenvalue weighted by molar-refractivity contribution is 0.0750. The molecule has 0 bridgehead atoms. The van der Waals surface area contributed by atoms with Crippen LogP contribution in [0.2, 0.25) is 0 Å². The summed E-state index contributed by atoms with van der Waals surface area (Å²) in [6.45, 7) is 10.1. The second-order valence-electron chi connectivity index (χ2n) is 7.94. The van der Waals surface area contributed by atoms with Gasteiger partial charge in [0.2, 0.25) is 0 Å². The maximum atomic E-state index is 11.9. The van der Waals surface area contributed by atoms with Gasteiger partial charge in [0.15, 0.2) is 0 Å². The highest BCUT2D eigenvalue weighted by molar-refractivity contribution is 5.74. The van der Waals surface area contributed by atoms with Gasteiger partial charge < -0.3 is 21.3 Å². The largest absolute Gasteiger partial charge is 0.341 e. The first-order valence-electron chi connectivity index (χ1n) is 8.70. The Morgan fingerprint density at radius 3 is 2.39 bits per heavy atom. The fourth-order valence-corrected chi connectivity index (χ4v) is 3.86. The van der Waals surface area contributed by atoms with Crippen LogP contribution in [0.3, 0.4) is 0 Å². The molecule has 0 heterocycles. The smallest absolute Gasteiger partial charge is 0.314 e. The Bertz CT molecular complexity index is 411. The van der Waals surface area contributed by atoms with Crippen molar-refractivity contribution in [2.24, 2.45) is 10.8 Å². The van der Waals surface area contributed by atoms with Gasteiger partial charge in [0.05, 0.1) is 0 Å². The van der Waals surface area contributed by atoms with Crippen molar-refractivity contribution in [3.8, 4) is 0 Å². The van der Waals surface area contributed by atoms with Crippen molar-refractivity contribution in [1.29, 1.82) is 0 Å². The first kappa shape index (κ1) is 19.6. The third kappa shape index (κ3) is 7.10. The van der Waals surface area contributed by atoms with Crippen LogP contribution in [0.15, 0.2) is 0 Å². The minimum Gasteiger partial charge on any atom is -0.341 e. The van der Waals surface area contributed by atoms with Crippen LogP contribution in [-0.4, -0.2) is 38.2 Å². The summed E-state index contributed by atoms with van der Waals surface area (Å²) in [6.07, 6.45) is 4.92. The monoisotopic (exact) mass is 326 g/mol. The molecule has 6 heteroatoms. The highest BCUT2D eigenvalue weighted by atomic mass is 16.2. The van der Waals surface area contributed by atoms with Crippen molar-refractivity contribution in [3.05, 3.63) is 0 Å². The predicted molar refractivity (Wildman–Crippen MR) is 93.4 cm³/mol. The molecule has 134 valence electrons. The Labute approximate surface area is 140 Å². The average molecular weight is 326 g/mol. The predicted octanol–water partition coefficient (Wildman–Crippen LogP) is 2.60. The zero-order chi connectivity index (χ0) is 17.5. The number of urea groups is 2. The van der Waals surface area contributed by atoms with Crippen molar-refractivity contribution in [2.75, 3.05) is 20.1 Å². The van der Waals surface area contributed by atoms with E-state index < -0.39 is 0 Å². The molecule has 1 aliphatic rings. The van der Waals surface area contributed by atoms with Gasteiger partial charge in [0.25, 0.3) is 0 Å². The summed E-state index contributed by atoms with van der Waals surface area (Å²) >= 11 is 0. The minimum absolute atomic E-state index is 0.0183. The highest BCUT2D eigenvalue weighted by Gasteiger charge is 2.41. The molecule has 1 fully saturated rings. The number of carbonyl (C=O) groups excluding carboxylic acids is 2. The summed E-state index contributed by atoms with van der Waals surface area (Å²) in [7, 11) is 1.63. The van der Waals surface area contributed by atoms with E-state index in [4.69, 9.17) is 0 Å². The van der Waals surface area contributed by atoms with Gasteiger partial charge in [-0.2, -0.15) is 0 Å². The fourth-order valence-electron chi connectivity index (χ4n) is 3.86. The number of hydrogen-bond acceptors (Lipinski definition) is 2. The zero-order valence-electron chi connectivity index (χ0n) is 15.3. The number of carbonyl (C=O) groups is 2. The van der Waals surface area contributed by atoms with Crippen LogP contribution < -0.4 is 21.3 Å². The molecule has 0 aliphatic heterocycles. The Morgan fingerprint density at radius 1 is 1.09 bits per heavy atom. The summed E-state index contributed by atoms with van der Waals surface area (Å²) in [5, 5.41) is 11.5. The van der Waals surface area contributed by atoms with E-state index in [0.29, 0.717) is 13.1 Å². The van der Waals surface area contributed by atoms with Crippen molar-refractivity contribution in [3.63, 3.8) is 0 Å². The molecule has 4 N–H and O–H groups in total. The van der Waals surface area contributed by atoms with Gasteiger partial charge >= 0.3 is 12.1 Å². The van der Waals surface area contributed by atoms with Crippen molar-refractivity contribution in [1.82, 2.24) is 21.3 Å². The second kappa shape index (κ2) is 8.41. The van der Waals surface area contributed by atoms with Gasteiger partial charge in [-0.15, -0.1) is 0 Å². The molecule has 1 aliphatic carbocycles. The molecule has 1 saturated carbocycles. The number of nitrogens with one attached hydrogen (secondary N) is 4. The van der Waals surface area contributed by atoms with Gasteiger partial charge in [-0.05, 0) is 36.5 Å². The van der Waals surface area contributed by atoms with E-state index in [9.17, 15) is 9.59 Å². The molecule has 0 aromatic carbocycles. The molecule has 6 nitrogen and oxygen atoms in total. The summed E-state index contributed by atoms with van der Waals surface area (Å²) in [6, 6.07) is -0.104. The number of rotatable bonds is 6. The molecule has 2 unspecified atom stereocenters. The van der Waals surface area contributed by atoms with Gasteiger partial charge in [0.1, 0.15) is 0 Å². The number of amides is 4. The third-order valence-corrected chi connectivity index (χ3v) is 4.50. The van der Waals surface area contributed by atoms with E-state index in [1.165, 1.54) is 0 Å². The van der Waals surface area contributed by atoms with E-state index in [-0.39, 0.29) is 28.9 Å². The van der Waals surface area contributed by atoms with Gasteiger partial charge in [-0.3, -0.25) is 0 Å². The molecule has 0 spiro atoms. The van der Waals surface area contributed by atoms with E-state index in [1.54, 1.807) is 7.05 Å². The van der Waals surface area contributed by atoms with E-state index in [2.05, 4.69) is 49.0 Å². The zero-order valence-corrected chi connectivity index (χ0v) is 15.3. The fraction of sp³-hybridized carbons (Fsp3) is 0.882. The molecule has 4 amide bonds. The molecule has 1 rings (SSSR count). The van der Waals surface area contributed by atoms with Gasteiger partial charge in [-0.25, -0.2) is 9.59 Å². The van der Waals surface area contributed by atoms with Gasteiger partial charge in [-0.1, -0.05) is 34.1 Å². The van der Waals surface area contributed by atoms with Crippen LogP contribution in [0.25, 0.3) is 0 Å². The second-order valence-corrected chi connectivity index (χ2v) is 7.94. The topological polar surface area (TPSA) is 82.3 Å². The summed E-state index contributed by atoms with van der Waals surface area (Å²) in [5.74, 6) is 0. The summed E-state index contributed by atoms with van der Waals surface area (Å²) < 4.78 is 0.